The van der Waals surface area contributed by atoms with E-state index in [-0.39, 0.29) is 0 Å². The third-order valence-corrected chi connectivity index (χ3v) is 26.1. The average molecular weight is 1600 g/mol. The largest absolute Gasteiger partial charge is 0.309 e. The van der Waals surface area contributed by atoms with Crippen LogP contribution in [-0.4, -0.2) is 42.4 Å². The second-order valence-electron chi connectivity index (χ2n) is 33.0. The van der Waals surface area contributed by atoms with Gasteiger partial charge in [-0.15, -0.1) is 0 Å². The standard InChI is InChI=1S/C117H73N9/c1-7-27-74(28-8-1)76-47-56-89(75-29-9-2-10-30-75)102(73-76)115-118-116(125-111-61-52-81(77-48-57-107-94(65-77)90-39-19-23-43-103(90)121(107)85-31-11-3-12-32-85)69-98(111)99-70-82(53-62-112(99)125)78-49-58-108-95(66-78)91-40-20-24-44-104(91)122(108)86-33-13-4-14-34-86)120-117(119-115)126-113-63-54-83(79-50-59-109-96(67-79)92-41-21-25-45-105(92)123(109)87-35-15-5-16-36-87)71-100(113)101-72-84(55-64-114(101)126)80-51-60-110-97(68-80)93-42-22-26-46-106(93)124(110)88-37-17-6-18-38-88/h1-73H. The first-order chi connectivity index (χ1) is 62.5. The van der Waals surface area contributed by atoms with Crippen LogP contribution in [0, 0.1) is 0 Å². The molecule has 26 aromatic rings. The smallest absolute Gasteiger partial charge is 0.240 e. The van der Waals surface area contributed by atoms with E-state index < -0.39 is 0 Å². The summed E-state index contributed by atoms with van der Waals surface area (Å²) in [6.07, 6.45) is 0. The van der Waals surface area contributed by atoms with Gasteiger partial charge in [-0.3, -0.25) is 9.13 Å². The molecule has 26 rings (SSSR count). The maximum absolute atomic E-state index is 6.01. The van der Waals surface area contributed by atoms with Crippen molar-refractivity contribution in [3.8, 4) is 113 Å². The van der Waals surface area contributed by atoms with Crippen molar-refractivity contribution in [1.82, 2.24) is 42.4 Å². The summed E-state index contributed by atoms with van der Waals surface area (Å²) in [5.41, 5.74) is 31.3. The highest BCUT2D eigenvalue weighted by atomic mass is 15.3. The zero-order valence-corrected chi connectivity index (χ0v) is 68.2. The molecule has 0 aliphatic carbocycles. The van der Waals surface area contributed by atoms with Crippen molar-refractivity contribution in [2.75, 3.05) is 0 Å². The maximum atomic E-state index is 6.01. The molecule has 0 saturated carbocycles. The summed E-state index contributed by atoms with van der Waals surface area (Å²) in [6, 6.07) is 162. The SMILES string of the molecule is c1ccc(-c2ccc(-c3ccccc3)c(-c3nc(-n4c5ccc(-c6ccc7c(c6)c6ccccc6n7-c6ccccc6)cc5c5cc(-c6ccc7c(c6)c6ccccc6n7-c6ccccc6)ccc54)nc(-n4c5ccc(-c6ccc7c(c6)c6ccccc6n7-c6ccccc6)cc5c5cc(-c6ccc7c(c6)c6ccccc6n7-c6ccccc6)ccc54)n3)c2)cc1. The van der Waals surface area contributed by atoms with Crippen molar-refractivity contribution in [1.29, 1.82) is 0 Å². The summed E-state index contributed by atoms with van der Waals surface area (Å²) in [4.78, 5) is 17.9. The van der Waals surface area contributed by atoms with Crippen LogP contribution in [0.4, 0.5) is 0 Å². The zero-order chi connectivity index (χ0) is 82.6. The molecule has 0 radical (unpaired) electrons. The molecule has 0 N–H and O–H groups in total. The van der Waals surface area contributed by atoms with Crippen molar-refractivity contribution in [2.24, 2.45) is 0 Å². The van der Waals surface area contributed by atoms with Gasteiger partial charge in [0.1, 0.15) is 0 Å². The fraction of sp³-hybridized carbons (Fsp3) is 0. The summed E-state index contributed by atoms with van der Waals surface area (Å²) in [5, 5.41) is 13.7. The molecule has 9 heteroatoms. The monoisotopic (exact) mass is 1600 g/mol. The van der Waals surface area contributed by atoms with Gasteiger partial charge in [-0.2, -0.15) is 15.0 Å². The van der Waals surface area contributed by atoms with Gasteiger partial charge in [0.25, 0.3) is 0 Å². The lowest BCUT2D eigenvalue weighted by Crippen LogP contribution is -2.10. The van der Waals surface area contributed by atoms with Crippen LogP contribution >= 0.6 is 0 Å². The number of para-hydroxylation sites is 8. The Morgan fingerprint density at radius 2 is 0.333 bits per heavy atom. The summed E-state index contributed by atoms with van der Waals surface area (Å²) >= 11 is 0. The Morgan fingerprint density at radius 3 is 0.611 bits per heavy atom. The predicted octanol–water partition coefficient (Wildman–Crippen LogP) is 30.1. The zero-order valence-electron chi connectivity index (χ0n) is 68.2. The Bertz CT molecular complexity index is 8060. The van der Waals surface area contributed by atoms with E-state index >= 15 is 0 Å². The minimum absolute atomic E-state index is 0.471. The van der Waals surface area contributed by atoms with Crippen LogP contribution in [0.25, 0.3) is 244 Å². The van der Waals surface area contributed by atoms with Crippen molar-refractivity contribution >= 4 is 131 Å². The Labute approximate surface area is 724 Å². The van der Waals surface area contributed by atoms with E-state index in [2.05, 4.69) is 470 Å². The van der Waals surface area contributed by atoms with Crippen molar-refractivity contribution in [3.63, 3.8) is 0 Å². The minimum atomic E-state index is 0.471. The Balaban J connectivity index is 0.728. The average Bonchev–Trinajstić information content (AvgIpc) is 1.57. The summed E-state index contributed by atoms with van der Waals surface area (Å²) in [7, 11) is 0. The Morgan fingerprint density at radius 1 is 0.127 bits per heavy atom. The molecule has 0 atom stereocenters. The molecule has 0 unspecified atom stereocenters. The number of hydrogen-bond donors (Lipinski definition) is 0. The predicted molar refractivity (Wildman–Crippen MR) is 524 cm³/mol. The van der Waals surface area contributed by atoms with Crippen LogP contribution in [0.3, 0.4) is 0 Å². The first kappa shape index (κ1) is 70.8. The molecule has 126 heavy (non-hydrogen) atoms. The molecule has 0 aliphatic heterocycles. The molecule has 0 fully saturated rings. The quantitative estimate of drug-likeness (QED) is 0.116. The number of fused-ring (bicyclic) bond motifs is 18. The Kier molecular flexibility index (Phi) is 15.9. The summed E-state index contributed by atoms with van der Waals surface area (Å²) in [6.45, 7) is 0. The molecule has 0 aliphatic rings. The van der Waals surface area contributed by atoms with E-state index in [0.717, 1.165) is 183 Å². The molecule has 0 spiro atoms. The van der Waals surface area contributed by atoms with Gasteiger partial charge in [0.15, 0.2) is 5.82 Å². The summed E-state index contributed by atoms with van der Waals surface area (Å²) < 4.78 is 14.1. The molecule has 586 valence electrons. The first-order valence-electron chi connectivity index (χ1n) is 43.0. The second kappa shape index (κ2) is 28.3. The molecular weight excluding hydrogens is 1530 g/mol. The van der Waals surface area contributed by atoms with E-state index in [9.17, 15) is 0 Å². The number of benzene rings is 19. The van der Waals surface area contributed by atoms with Crippen LogP contribution in [0.2, 0.25) is 0 Å². The van der Waals surface area contributed by atoms with Crippen LogP contribution in [0.1, 0.15) is 0 Å². The molecular formula is C117H73N9. The van der Waals surface area contributed by atoms with E-state index in [1.54, 1.807) is 0 Å². The minimum Gasteiger partial charge on any atom is -0.309 e. The highest BCUT2D eigenvalue weighted by Crippen LogP contribution is 2.47. The van der Waals surface area contributed by atoms with Gasteiger partial charge in [-0.05, 0) is 243 Å². The number of aromatic nitrogens is 9. The fourth-order valence-corrected chi connectivity index (χ4v) is 20.3. The van der Waals surface area contributed by atoms with Gasteiger partial charge in [0.2, 0.25) is 11.9 Å². The molecule has 0 saturated heterocycles. The third-order valence-electron chi connectivity index (χ3n) is 26.1. The van der Waals surface area contributed by atoms with E-state index in [1.807, 2.05) is 0 Å². The van der Waals surface area contributed by atoms with Gasteiger partial charge >= 0.3 is 0 Å². The van der Waals surface area contributed by atoms with Gasteiger partial charge in [0, 0.05) is 92.9 Å². The lowest BCUT2D eigenvalue weighted by Gasteiger charge is -2.16. The topological polar surface area (TPSA) is 68.2 Å². The number of hydrogen-bond acceptors (Lipinski definition) is 3. The molecule has 0 bridgehead atoms. The number of nitrogens with zero attached hydrogens (tertiary/aromatic N) is 9. The normalized spacial score (nSPS) is 12.0. The fourth-order valence-electron chi connectivity index (χ4n) is 20.3. The van der Waals surface area contributed by atoms with E-state index in [0.29, 0.717) is 17.7 Å². The highest BCUT2D eigenvalue weighted by molar-refractivity contribution is 6.18. The Hall–Kier alpha value is -17.0. The molecule has 7 heterocycles. The van der Waals surface area contributed by atoms with Crippen molar-refractivity contribution in [3.05, 3.63) is 443 Å². The van der Waals surface area contributed by atoms with Gasteiger partial charge in [-0.25, -0.2) is 0 Å². The second-order valence-corrected chi connectivity index (χ2v) is 33.0. The molecule has 7 aromatic heterocycles. The van der Waals surface area contributed by atoms with Crippen LogP contribution in [0.15, 0.2) is 443 Å². The molecule has 19 aromatic carbocycles. The van der Waals surface area contributed by atoms with Crippen LogP contribution < -0.4 is 0 Å². The lowest BCUT2D eigenvalue weighted by molar-refractivity contribution is 0.893. The molecule has 0 amide bonds. The highest BCUT2D eigenvalue weighted by Gasteiger charge is 2.27. The number of rotatable bonds is 13. The lowest BCUT2D eigenvalue weighted by atomic mass is 9.94. The van der Waals surface area contributed by atoms with Gasteiger partial charge < -0.3 is 18.3 Å². The molecule has 9 nitrogen and oxygen atoms in total. The van der Waals surface area contributed by atoms with E-state index in [4.69, 9.17) is 15.0 Å². The van der Waals surface area contributed by atoms with Gasteiger partial charge in [-0.1, -0.05) is 267 Å². The van der Waals surface area contributed by atoms with Crippen LogP contribution in [-0.2, 0) is 0 Å². The van der Waals surface area contributed by atoms with Crippen molar-refractivity contribution in [2.45, 2.75) is 0 Å². The maximum Gasteiger partial charge on any atom is 0.240 e. The first-order valence-corrected chi connectivity index (χ1v) is 43.0. The summed E-state index contributed by atoms with van der Waals surface area (Å²) in [5.74, 6) is 1.47. The van der Waals surface area contributed by atoms with E-state index in [1.165, 1.54) is 43.1 Å². The van der Waals surface area contributed by atoms with Gasteiger partial charge in [0.05, 0.1) is 66.2 Å². The van der Waals surface area contributed by atoms with Crippen molar-refractivity contribution < 1.29 is 0 Å². The third kappa shape index (κ3) is 11.2. The van der Waals surface area contributed by atoms with Crippen LogP contribution in [0.5, 0.6) is 0 Å².